The summed E-state index contributed by atoms with van der Waals surface area (Å²) in [6.45, 7) is 2.93. The van der Waals surface area contributed by atoms with Gasteiger partial charge in [0.05, 0.1) is 47.7 Å². The van der Waals surface area contributed by atoms with Crippen LogP contribution < -0.4 is 15.1 Å². The number of hydrogen-bond donors (Lipinski definition) is 0. The molecule has 0 spiro atoms. The van der Waals surface area contributed by atoms with Gasteiger partial charge in [0.2, 0.25) is 12.1 Å². The second kappa shape index (κ2) is 8.44. The minimum Gasteiger partial charge on any atom is -0.367 e. The summed E-state index contributed by atoms with van der Waals surface area (Å²) in [6.07, 6.45) is 7.61. The standard InChI is InChI=1S/C25H26F2N7O2/c1-14-10-33(13-21(36-14)15-11-31(2)34(12-15)17-5-6-17)25-29-22(18-7-4-16(26)8-20(18)27)19-9-28-32(3)24(35)23(19)30-25/h4,7-9,11-12,14,17,21H,5-6,10,13H2,1-3H3/q+1/t14-,21-/m1/s1. The van der Waals surface area contributed by atoms with E-state index in [-0.39, 0.29) is 34.9 Å². The molecule has 1 saturated carbocycles. The third-order valence-corrected chi connectivity index (χ3v) is 6.79. The monoisotopic (exact) mass is 494 g/mol. The molecule has 186 valence electrons. The zero-order chi connectivity index (χ0) is 25.1. The maximum Gasteiger partial charge on any atom is 0.293 e. The number of nitrogens with zero attached hydrogens (tertiary/aromatic N) is 7. The Labute approximate surface area is 205 Å². The van der Waals surface area contributed by atoms with E-state index in [4.69, 9.17) is 4.74 Å². The molecule has 4 aromatic rings. The summed E-state index contributed by atoms with van der Waals surface area (Å²) in [5.41, 5.74) is 1.02. The van der Waals surface area contributed by atoms with Gasteiger partial charge in [-0.1, -0.05) is 0 Å². The molecule has 1 saturated heterocycles. The fraction of sp³-hybridized carbons (Fsp3) is 0.400. The van der Waals surface area contributed by atoms with Gasteiger partial charge < -0.3 is 9.64 Å². The minimum absolute atomic E-state index is 0.0755. The molecule has 2 atom stereocenters. The van der Waals surface area contributed by atoms with Crippen molar-refractivity contribution in [2.24, 2.45) is 14.1 Å². The molecule has 0 amide bonds. The number of fused-ring (bicyclic) bond motifs is 1. The van der Waals surface area contributed by atoms with Gasteiger partial charge in [0, 0.05) is 25.2 Å². The highest BCUT2D eigenvalue weighted by molar-refractivity contribution is 5.92. The highest BCUT2D eigenvalue weighted by Gasteiger charge is 2.35. The lowest BCUT2D eigenvalue weighted by atomic mass is 10.1. The summed E-state index contributed by atoms with van der Waals surface area (Å²) in [5.74, 6) is -1.18. The van der Waals surface area contributed by atoms with Crippen LogP contribution in [0.25, 0.3) is 22.2 Å². The Balaban J connectivity index is 1.45. The molecule has 2 aliphatic rings. The predicted molar refractivity (Wildman–Crippen MR) is 127 cm³/mol. The van der Waals surface area contributed by atoms with E-state index >= 15 is 0 Å². The van der Waals surface area contributed by atoms with Crippen molar-refractivity contribution in [1.82, 2.24) is 24.4 Å². The van der Waals surface area contributed by atoms with E-state index in [1.807, 2.05) is 18.9 Å². The Kier molecular flexibility index (Phi) is 5.32. The molecule has 4 heterocycles. The first-order chi connectivity index (χ1) is 17.3. The number of ether oxygens (including phenoxy) is 1. The van der Waals surface area contributed by atoms with E-state index in [9.17, 15) is 13.6 Å². The van der Waals surface area contributed by atoms with E-state index in [2.05, 4.69) is 36.8 Å². The first-order valence-corrected chi connectivity index (χ1v) is 12.0. The average Bonchev–Trinajstić information content (AvgIpc) is 3.61. The Morgan fingerprint density at radius 1 is 1.17 bits per heavy atom. The number of rotatable bonds is 4. The predicted octanol–water partition coefficient (Wildman–Crippen LogP) is 2.60. The number of benzene rings is 1. The van der Waals surface area contributed by atoms with E-state index in [1.54, 1.807) is 0 Å². The van der Waals surface area contributed by atoms with Gasteiger partial charge in [0.25, 0.3) is 5.56 Å². The second-order valence-corrected chi connectivity index (χ2v) is 9.62. The molecule has 1 aromatic carbocycles. The molecular formula is C25H26F2N7O2+. The highest BCUT2D eigenvalue weighted by atomic mass is 19.1. The maximum absolute atomic E-state index is 14.8. The second-order valence-electron chi connectivity index (χ2n) is 9.62. The molecule has 36 heavy (non-hydrogen) atoms. The van der Waals surface area contributed by atoms with Crippen LogP contribution in [-0.4, -0.2) is 43.6 Å². The zero-order valence-corrected chi connectivity index (χ0v) is 20.2. The van der Waals surface area contributed by atoms with Gasteiger partial charge in [0.15, 0.2) is 7.05 Å². The van der Waals surface area contributed by atoms with Crippen LogP contribution in [0, 0.1) is 11.6 Å². The van der Waals surface area contributed by atoms with Crippen LogP contribution >= 0.6 is 0 Å². The first kappa shape index (κ1) is 22.7. The Bertz CT molecular complexity index is 1550. The van der Waals surface area contributed by atoms with Crippen LogP contribution in [0.15, 0.2) is 41.6 Å². The van der Waals surface area contributed by atoms with Crippen LogP contribution in [0.1, 0.15) is 37.5 Å². The lowest BCUT2D eigenvalue weighted by Gasteiger charge is -2.36. The number of anilines is 1. The Morgan fingerprint density at radius 2 is 1.97 bits per heavy atom. The van der Waals surface area contributed by atoms with Crippen LogP contribution in [0.4, 0.5) is 14.7 Å². The van der Waals surface area contributed by atoms with Crippen molar-refractivity contribution in [3.05, 3.63) is 64.3 Å². The number of morpholine rings is 1. The fourth-order valence-corrected chi connectivity index (χ4v) is 4.85. The quantitative estimate of drug-likeness (QED) is 0.406. The van der Waals surface area contributed by atoms with Gasteiger partial charge in [0.1, 0.15) is 23.3 Å². The van der Waals surface area contributed by atoms with E-state index in [0.29, 0.717) is 24.5 Å². The van der Waals surface area contributed by atoms with Gasteiger partial charge in [-0.05, 0) is 31.9 Å². The molecule has 9 nitrogen and oxygen atoms in total. The summed E-state index contributed by atoms with van der Waals surface area (Å²) < 4.78 is 40.2. The molecule has 0 N–H and O–H groups in total. The molecule has 1 aliphatic heterocycles. The molecule has 0 radical (unpaired) electrons. The van der Waals surface area contributed by atoms with Crippen LogP contribution in [0.5, 0.6) is 0 Å². The Hall–Kier alpha value is -3.73. The third kappa shape index (κ3) is 3.93. The van der Waals surface area contributed by atoms with Crippen LogP contribution in [0.2, 0.25) is 0 Å². The topological polar surface area (TPSA) is 82.0 Å². The fourth-order valence-electron chi connectivity index (χ4n) is 4.85. The molecule has 0 bridgehead atoms. The lowest BCUT2D eigenvalue weighted by molar-refractivity contribution is -0.754. The van der Waals surface area contributed by atoms with Crippen molar-refractivity contribution in [2.75, 3.05) is 18.0 Å². The van der Waals surface area contributed by atoms with E-state index in [0.717, 1.165) is 17.7 Å². The number of aromatic nitrogens is 6. The summed E-state index contributed by atoms with van der Waals surface area (Å²) in [6, 6.07) is 3.81. The molecule has 1 aliphatic carbocycles. The Morgan fingerprint density at radius 3 is 2.72 bits per heavy atom. The van der Waals surface area contributed by atoms with Gasteiger partial charge in [-0.3, -0.25) is 4.79 Å². The molecule has 0 unspecified atom stereocenters. The van der Waals surface area contributed by atoms with Crippen molar-refractivity contribution < 1.29 is 18.2 Å². The molecule has 3 aromatic heterocycles. The molecular weight excluding hydrogens is 468 g/mol. The third-order valence-electron chi connectivity index (χ3n) is 6.79. The van der Waals surface area contributed by atoms with Gasteiger partial charge in [-0.25, -0.2) is 23.4 Å². The van der Waals surface area contributed by atoms with Crippen molar-refractivity contribution >= 4 is 16.9 Å². The molecule has 2 fully saturated rings. The molecule has 6 rings (SSSR count). The van der Waals surface area contributed by atoms with Crippen molar-refractivity contribution in [1.29, 1.82) is 0 Å². The smallest absolute Gasteiger partial charge is 0.293 e. The first-order valence-electron chi connectivity index (χ1n) is 12.0. The van der Waals surface area contributed by atoms with E-state index in [1.165, 1.54) is 36.8 Å². The summed E-state index contributed by atoms with van der Waals surface area (Å²) in [4.78, 5) is 24.2. The number of hydrogen-bond acceptors (Lipinski definition) is 6. The van der Waals surface area contributed by atoms with Crippen molar-refractivity contribution in [2.45, 2.75) is 38.0 Å². The summed E-state index contributed by atoms with van der Waals surface area (Å²) >= 11 is 0. The van der Waals surface area contributed by atoms with Gasteiger partial charge in [-0.2, -0.15) is 9.78 Å². The van der Waals surface area contributed by atoms with Gasteiger partial charge >= 0.3 is 0 Å². The summed E-state index contributed by atoms with van der Waals surface area (Å²) in [7, 11) is 3.55. The summed E-state index contributed by atoms with van der Waals surface area (Å²) in [5, 5.41) is 4.37. The maximum atomic E-state index is 14.8. The van der Waals surface area contributed by atoms with E-state index < -0.39 is 17.2 Å². The number of aryl methyl sites for hydroxylation is 2. The minimum atomic E-state index is -0.774. The average molecular weight is 495 g/mol. The molecule has 11 heteroatoms. The normalized spacial score (nSPS) is 20.3. The largest absolute Gasteiger partial charge is 0.367 e. The van der Waals surface area contributed by atoms with Crippen molar-refractivity contribution in [3.8, 4) is 11.3 Å². The highest BCUT2D eigenvalue weighted by Crippen LogP contribution is 2.35. The van der Waals surface area contributed by atoms with Crippen LogP contribution in [0.3, 0.4) is 0 Å². The van der Waals surface area contributed by atoms with Crippen LogP contribution in [-0.2, 0) is 18.8 Å². The zero-order valence-electron chi connectivity index (χ0n) is 20.2. The number of halogens is 2. The van der Waals surface area contributed by atoms with Gasteiger partial charge in [-0.15, -0.1) is 4.68 Å². The lowest BCUT2D eigenvalue weighted by Crippen LogP contribution is -2.44. The van der Waals surface area contributed by atoms with Crippen molar-refractivity contribution in [3.63, 3.8) is 0 Å². The SMILES string of the molecule is C[C@@H]1CN(c2nc(-c3ccc(F)cc3F)c3cnn(C)c(=O)c3n2)C[C@H](c2cn(C3CC3)[n+](C)c2)O1.